The fourth-order valence-electron chi connectivity index (χ4n) is 2.25. The highest BCUT2D eigenvalue weighted by molar-refractivity contribution is 5.76. The van der Waals surface area contributed by atoms with Crippen molar-refractivity contribution in [1.82, 2.24) is 10.6 Å². The molecule has 0 aliphatic carbocycles. The topological polar surface area (TPSA) is 50.4 Å². The highest BCUT2D eigenvalue weighted by Gasteiger charge is 2.20. The number of ether oxygens (including phenoxy) is 1. The van der Waals surface area contributed by atoms with Crippen LogP contribution in [-0.2, 0) is 9.53 Å². The first-order chi connectivity index (χ1) is 7.34. The average Bonchev–Trinajstić information content (AvgIpc) is 2.65. The van der Waals surface area contributed by atoms with Crippen LogP contribution in [0.2, 0.25) is 0 Å². The standard InChI is InChI=1S/C11H20N2O2/c14-11-7-9(3-1-5-12-11)13-8-10-4-2-6-15-10/h9-10,13H,1-8H2,(H,12,14). The lowest BCUT2D eigenvalue weighted by Gasteiger charge is -2.17. The van der Waals surface area contributed by atoms with Gasteiger partial charge in [-0.1, -0.05) is 0 Å². The van der Waals surface area contributed by atoms with Gasteiger partial charge < -0.3 is 15.4 Å². The van der Waals surface area contributed by atoms with Crippen LogP contribution in [0.25, 0.3) is 0 Å². The summed E-state index contributed by atoms with van der Waals surface area (Å²) in [6.07, 6.45) is 5.49. The van der Waals surface area contributed by atoms with Gasteiger partial charge in [-0.15, -0.1) is 0 Å². The van der Waals surface area contributed by atoms with Crippen molar-refractivity contribution >= 4 is 5.91 Å². The molecule has 4 nitrogen and oxygen atoms in total. The molecule has 0 spiro atoms. The van der Waals surface area contributed by atoms with Crippen molar-refractivity contribution < 1.29 is 9.53 Å². The molecular formula is C11H20N2O2. The molecule has 2 rings (SSSR count). The third-order valence-corrected chi connectivity index (χ3v) is 3.14. The van der Waals surface area contributed by atoms with Crippen LogP contribution >= 0.6 is 0 Å². The van der Waals surface area contributed by atoms with E-state index in [0.29, 0.717) is 18.6 Å². The zero-order chi connectivity index (χ0) is 10.5. The highest BCUT2D eigenvalue weighted by atomic mass is 16.5. The van der Waals surface area contributed by atoms with Crippen molar-refractivity contribution in [3.63, 3.8) is 0 Å². The molecule has 2 saturated heterocycles. The summed E-state index contributed by atoms with van der Waals surface area (Å²) in [4.78, 5) is 11.3. The second-order valence-corrected chi connectivity index (χ2v) is 4.44. The Morgan fingerprint density at radius 1 is 1.40 bits per heavy atom. The molecule has 2 heterocycles. The minimum atomic E-state index is 0.178. The minimum absolute atomic E-state index is 0.178. The van der Waals surface area contributed by atoms with E-state index in [1.165, 1.54) is 6.42 Å². The number of hydrogen-bond donors (Lipinski definition) is 2. The summed E-state index contributed by atoms with van der Waals surface area (Å²) < 4.78 is 5.54. The molecule has 2 atom stereocenters. The predicted octanol–water partition coefficient (Wildman–Crippen LogP) is 0.424. The molecule has 2 fully saturated rings. The van der Waals surface area contributed by atoms with Crippen LogP contribution in [0.5, 0.6) is 0 Å². The monoisotopic (exact) mass is 212 g/mol. The van der Waals surface area contributed by atoms with Crippen molar-refractivity contribution in [3.8, 4) is 0 Å². The van der Waals surface area contributed by atoms with Crippen LogP contribution in [0.3, 0.4) is 0 Å². The molecule has 2 unspecified atom stereocenters. The average molecular weight is 212 g/mol. The number of carbonyl (C=O) groups is 1. The first-order valence-electron chi connectivity index (χ1n) is 5.96. The van der Waals surface area contributed by atoms with Gasteiger partial charge in [0, 0.05) is 32.2 Å². The van der Waals surface area contributed by atoms with Crippen LogP contribution < -0.4 is 10.6 Å². The Morgan fingerprint density at radius 2 is 2.33 bits per heavy atom. The van der Waals surface area contributed by atoms with Crippen molar-refractivity contribution in [1.29, 1.82) is 0 Å². The lowest BCUT2D eigenvalue weighted by molar-refractivity contribution is -0.121. The molecule has 0 aromatic carbocycles. The van der Waals surface area contributed by atoms with Crippen LogP contribution in [0.1, 0.15) is 32.1 Å². The highest BCUT2D eigenvalue weighted by Crippen LogP contribution is 2.12. The van der Waals surface area contributed by atoms with Crippen LogP contribution in [0, 0.1) is 0 Å². The van der Waals surface area contributed by atoms with Crippen LogP contribution in [0.4, 0.5) is 0 Å². The maximum atomic E-state index is 11.3. The zero-order valence-corrected chi connectivity index (χ0v) is 9.13. The van der Waals surface area contributed by atoms with E-state index in [-0.39, 0.29) is 5.91 Å². The van der Waals surface area contributed by atoms with Gasteiger partial charge in [0.05, 0.1) is 6.10 Å². The molecule has 86 valence electrons. The first-order valence-corrected chi connectivity index (χ1v) is 5.96. The van der Waals surface area contributed by atoms with Crippen molar-refractivity contribution in [2.75, 3.05) is 19.7 Å². The number of nitrogens with one attached hydrogen (secondary N) is 2. The van der Waals surface area contributed by atoms with Gasteiger partial charge in [-0.05, 0) is 25.7 Å². The molecule has 0 aromatic rings. The summed E-state index contributed by atoms with van der Waals surface area (Å²) >= 11 is 0. The maximum absolute atomic E-state index is 11.3. The van der Waals surface area contributed by atoms with E-state index in [2.05, 4.69) is 10.6 Å². The molecule has 0 aromatic heterocycles. The second-order valence-electron chi connectivity index (χ2n) is 4.44. The summed E-state index contributed by atoms with van der Waals surface area (Å²) in [5.41, 5.74) is 0. The Labute approximate surface area is 90.8 Å². The first kappa shape index (κ1) is 10.9. The SMILES string of the molecule is O=C1CC(NCC2CCCO2)CCCN1. The summed E-state index contributed by atoms with van der Waals surface area (Å²) in [6, 6.07) is 0.344. The van der Waals surface area contributed by atoms with Gasteiger partial charge in [-0.3, -0.25) is 4.79 Å². The fraction of sp³-hybridized carbons (Fsp3) is 0.909. The van der Waals surface area contributed by atoms with Gasteiger partial charge in [0.1, 0.15) is 0 Å². The summed E-state index contributed by atoms with van der Waals surface area (Å²) in [6.45, 7) is 2.63. The lowest BCUT2D eigenvalue weighted by Crippen LogP contribution is -2.37. The van der Waals surface area contributed by atoms with Gasteiger partial charge in [-0.25, -0.2) is 0 Å². The van der Waals surface area contributed by atoms with E-state index < -0.39 is 0 Å². The second kappa shape index (κ2) is 5.47. The summed E-state index contributed by atoms with van der Waals surface area (Å²) in [7, 11) is 0. The molecule has 0 saturated carbocycles. The van der Waals surface area contributed by atoms with Gasteiger partial charge >= 0.3 is 0 Å². The molecule has 4 heteroatoms. The zero-order valence-electron chi connectivity index (χ0n) is 9.13. The summed E-state index contributed by atoms with van der Waals surface area (Å²) in [5, 5.41) is 6.34. The quantitative estimate of drug-likeness (QED) is 0.713. The van der Waals surface area contributed by atoms with Crippen LogP contribution in [-0.4, -0.2) is 37.7 Å². The Morgan fingerprint density at radius 3 is 3.13 bits per heavy atom. The van der Waals surface area contributed by atoms with E-state index in [1.54, 1.807) is 0 Å². The molecule has 0 radical (unpaired) electrons. The summed E-state index contributed by atoms with van der Waals surface area (Å²) in [5.74, 6) is 0.178. The smallest absolute Gasteiger partial charge is 0.221 e. The van der Waals surface area contributed by atoms with E-state index >= 15 is 0 Å². The van der Waals surface area contributed by atoms with Crippen LogP contribution in [0.15, 0.2) is 0 Å². The van der Waals surface area contributed by atoms with Crippen molar-refractivity contribution in [3.05, 3.63) is 0 Å². The van der Waals surface area contributed by atoms with E-state index in [9.17, 15) is 4.79 Å². The molecular weight excluding hydrogens is 192 g/mol. The molecule has 0 bridgehead atoms. The Bertz CT molecular complexity index is 215. The van der Waals surface area contributed by atoms with Gasteiger partial charge in [0.25, 0.3) is 0 Å². The number of hydrogen-bond acceptors (Lipinski definition) is 3. The lowest BCUT2D eigenvalue weighted by atomic mass is 10.1. The predicted molar refractivity (Wildman–Crippen MR) is 57.6 cm³/mol. The minimum Gasteiger partial charge on any atom is -0.377 e. The van der Waals surface area contributed by atoms with Crippen molar-refractivity contribution in [2.24, 2.45) is 0 Å². The molecule has 1 amide bonds. The molecule has 2 N–H and O–H groups in total. The van der Waals surface area contributed by atoms with Gasteiger partial charge in [0.15, 0.2) is 0 Å². The third kappa shape index (κ3) is 3.47. The Balaban J connectivity index is 1.70. The van der Waals surface area contributed by atoms with Crippen molar-refractivity contribution in [2.45, 2.75) is 44.2 Å². The van der Waals surface area contributed by atoms with Gasteiger partial charge in [0.2, 0.25) is 5.91 Å². The maximum Gasteiger partial charge on any atom is 0.221 e. The van der Waals surface area contributed by atoms with Gasteiger partial charge in [-0.2, -0.15) is 0 Å². The third-order valence-electron chi connectivity index (χ3n) is 3.14. The van der Waals surface area contributed by atoms with E-state index in [0.717, 1.165) is 39.0 Å². The largest absolute Gasteiger partial charge is 0.377 e. The molecule has 15 heavy (non-hydrogen) atoms. The number of rotatable bonds is 3. The molecule has 2 aliphatic rings. The Kier molecular flexibility index (Phi) is 3.97. The van der Waals surface area contributed by atoms with E-state index in [1.807, 2.05) is 0 Å². The van der Waals surface area contributed by atoms with E-state index in [4.69, 9.17) is 4.74 Å². The fourth-order valence-corrected chi connectivity index (χ4v) is 2.25. The normalized spacial score (nSPS) is 32.4. The number of amides is 1. The molecule has 2 aliphatic heterocycles. The number of carbonyl (C=O) groups excluding carboxylic acids is 1. The Hall–Kier alpha value is -0.610.